The molecule has 3 N–H and O–H groups in total. The number of ether oxygens (including phenoxy) is 1. The summed E-state index contributed by atoms with van der Waals surface area (Å²) in [4.78, 5) is 11.3. The van der Waals surface area contributed by atoms with E-state index in [9.17, 15) is 13.2 Å². The van der Waals surface area contributed by atoms with Crippen LogP contribution in [0.3, 0.4) is 0 Å². The quantitative estimate of drug-likeness (QED) is 0.576. The fraction of sp³-hybridized carbons (Fsp3) is 0.300. The van der Waals surface area contributed by atoms with E-state index >= 15 is 0 Å². The van der Waals surface area contributed by atoms with Gasteiger partial charge >= 0.3 is 5.97 Å². The van der Waals surface area contributed by atoms with E-state index in [4.69, 9.17) is 5.73 Å². The van der Waals surface area contributed by atoms with Crippen molar-refractivity contribution in [3.63, 3.8) is 0 Å². The number of sulfonamides is 1. The number of carbonyl (C=O) groups is 1. The Morgan fingerprint density at radius 2 is 1.88 bits per heavy atom. The van der Waals surface area contributed by atoms with Gasteiger partial charge in [0.1, 0.15) is 0 Å². The molecule has 1 rings (SSSR count). The number of hydrogen-bond acceptors (Lipinski definition) is 5. The molecule has 1 aromatic carbocycles. The van der Waals surface area contributed by atoms with Crippen LogP contribution in [-0.2, 0) is 19.6 Å². The molecule has 0 aliphatic rings. The molecule has 0 amide bonds. The molecule has 0 aromatic heterocycles. The second-order valence-corrected chi connectivity index (χ2v) is 5.29. The van der Waals surface area contributed by atoms with Crippen molar-refractivity contribution >= 4 is 16.0 Å². The second kappa shape index (κ2) is 4.82. The van der Waals surface area contributed by atoms with Gasteiger partial charge in [-0.2, -0.15) is 4.72 Å². The highest BCUT2D eigenvalue weighted by Crippen LogP contribution is 2.10. The third-order valence-corrected chi connectivity index (χ3v) is 3.59. The van der Waals surface area contributed by atoms with Crippen molar-refractivity contribution in [2.45, 2.75) is 17.5 Å². The predicted molar refractivity (Wildman–Crippen MR) is 61.4 cm³/mol. The SMILES string of the molecule is COC(=O)C(C)(N)NS(=O)(=O)c1ccccc1. The molecule has 94 valence electrons. The first-order valence-electron chi connectivity index (χ1n) is 4.76. The minimum Gasteiger partial charge on any atom is -0.467 e. The summed E-state index contributed by atoms with van der Waals surface area (Å²) in [5.41, 5.74) is 3.73. The Kier molecular flexibility index (Phi) is 3.87. The van der Waals surface area contributed by atoms with Gasteiger partial charge in [-0.25, -0.2) is 13.2 Å². The van der Waals surface area contributed by atoms with E-state index in [0.717, 1.165) is 7.11 Å². The molecule has 0 aliphatic carbocycles. The lowest BCUT2D eigenvalue weighted by Gasteiger charge is -2.22. The minimum atomic E-state index is -3.85. The van der Waals surface area contributed by atoms with Crippen molar-refractivity contribution in [3.8, 4) is 0 Å². The molecule has 1 unspecified atom stereocenters. The molecule has 0 radical (unpaired) electrons. The van der Waals surface area contributed by atoms with Crippen LogP contribution in [-0.4, -0.2) is 27.2 Å². The Balaban J connectivity index is 3.00. The molecule has 1 atom stereocenters. The van der Waals surface area contributed by atoms with Crippen LogP contribution < -0.4 is 10.5 Å². The minimum absolute atomic E-state index is 0.0283. The Morgan fingerprint density at radius 1 is 1.35 bits per heavy atom. The number of methoxy groups -OCH3 is 1. The molecule has 1 aromatic rings. The van der Waals surface area contributed by atoms with Gasteiger partial charge in [0.15, 0.2) is 5.66 Å². The second-order valence-electron chi connectivity index (χ2n) is 3.61. The maximum Gasteiger partial charge on any atom is 0.341 e. The molecule has 0 saturated carbocycles. The third kappa shape index (κ3) is 3.26. The monoisotopic (exact) mass is 258 g/mol. The lowest BCUT2D eigenvalue weighted by atomic mass is 10.2. The molecule has 6 nitrogen and oxygen atoms in total. The van der Waals surface area contributed by atoms with E-state index in [1.54, 1.807) is 18.2 Å². The summed E-state index contributed by atoms with van der Waals surface area (Å²) in [7, 11) is -2.72. The molecule has 0 fully saturated rings. The molecule has 7 heteroatoms. The summed E-state index contributed by atoms with van der Waals surface area (Å²) in [5.74, 6) is -0.864. The average molecular weight is 258 g/mol. The van der Waals surface area contributed by atoms with E-state index < -0.39 is 21.7 Å². The fourth-order valence-corrected chi connectivity index (χ4v) is 2.47. The van der Waals surface area contributed by atoms with Gasteiger partial charge in [0.05, 0.1) is 12.0 Å². The number of hydrogen-bond donors (Lipinski definition) is 2. The zero-order valence-corrected chi connectivity index (χ0v) is 10.3. The smallest absolute Gasteiger partial charge is 0.341 e. The lowest BCUT2D eigenvalue weighted by molar-refractivity contribution is -0.146. The highest BCUT2D eigenvalue weighted by atomic mass is 32.2. The van der Waals surface area contributed by atoms with E-state index in [-0.39, 0.29) is 4.90 Å². The predicted octanol–water partition coefficient (Wildman–Crippen LogP) is -0.187. The van der Waals surface area contributed by atoms with Crippen molar-refractivity contribution in [1.82, 2.24) is 4.72 Å². The lowest BCUT2D eigenvalue weighted by Crippen LogP contribution is -2.59. The van der Waals surface area contributed by atoms with E-state index in [2.05, 4.69) is 9.46 Å². The van der Waals surface area contributed by atoms with Crippen LogP contribution in [0.2, 0.25) is 0 Å². The van der Waals surface area contributed by atoms with Crippen LogP contribution in [0.1, 0.15) is 6.92 Å². The Hall–Kier alpha value is -1.44. The van der Waals surface area contributed by atoms with E-state index in [1.165, 1.54) is 19.1 Å². The van der Waals surface area contributed by atoms with Gasteiger partial charge in [-0.1, -0.05) is 18.2 Å². The van der Waals surface area contributed by atoms with Gasteiger partial charge in [-0.3, -0.25) is 0 Å². The summed E-state index contributed by atoms with van der Waals surface area (Å²) in [6.45, 7) is 1.22. The highest BCUT2D eigenvalue weighted by molar-refractivity contribution is 7.89. The van der Waals surface area contributed by atoms with Crippen LogP contribution in [0.25, 0.3) is 0 Å². The Labute approximate surface area is 99.8 Å². The van der Waals surface area contributed by atoms with Crippen LogP contribution in [0, 0.1) is 0 Å². The molecule has 0 bridgehead atoms. The molecular weight excluding hydrogens is 244 g/mol. The topological polar surface area (TPSA) is 98.5 Å². The number of rotatable bonds is 4. The van der Waals surface area contributed by atoms with Crippen molar-refractivity contribution in [1.29, 1.82) is 0 Å². The molecule has 0 aliphatic heterocycles. The summed E-state index contributed by atoms with van der Waals surface area (Å²) < 4.78 is 30.2. The summed E-state index contributed by atoms with van der Waals surface area (Å²) in [6, 6.07) is 7.62. The maximum absolute atomic E-state index is 11.9. The van der Waals surface area contributed by atoms with E-state index in [0.29, 0.717) is 0 Å². The van der Waals surface area contributed by atoms with Crippen LogP contribution in [0.15, 0.2) is 35.2 Å². The molecule has 0 heterocycles. The van der Waals surface area contributed by atoms with Gasteiger partial charge in [0.25, 0.3) is 0 Å². The summed E-state index contributed by atoms with van der Waals surface area (Å²) in [6.07, 6.45) is 0. The van der Waals surface area contributed by atoms with Gasteiger partial charge in [0, 0.05) is 0 Å². The molecular formula is C10H14N2O4S. The molecule has 0 spiro atoms. The molecule has 0 saturated heterocycles. The van der Waals surface area contributed by atoms with Crippen molar-refractivity contribution in [3.05, 3.63) is 30.3 Å². The average Bonchev–Trinajstić information content (AvgIpc) is 2.27. The Morgan fingerprint density at radius 3 is 2.35 bits per heavy atom. The van der Waals surface area contributed by atoms with E-state index in [1.807, 2.05) is 0 Å². The van der Waals surface area contributed by atoms with Crippen molar-refractivity contribution in [2.24, 2.45) is 5.73 Å². The third-order valence-electron chi connectivity index (χ3n) is 2.01. The van der Waals surface area contributed by atoms with Crippen LogP contribution >= 0.6 is 0 Å². The fourth-order valence-electron chi connectivity index (χ4n) is 1.19. The van der Waals surface area contributed by atoms with Gasteiger partial charge in [-0.15, -0.1) is 0 Å². The van der Waals surface area contributed by atoms with Gasteiger partial charge in [-0.05, 0) is 19.1 Å². The number of nitrogens with two attached hydrogens (primary N) is 1. The zero-order valence-electron chi connectivity index (χ0n) is 9.51. The number of esters is 1. The zero-order chi connectivity index (χ0) is 13.1. The first kappa shape index (κ1) is 13.6. The van der Waals surface area contributed by atoms with Gasteiger partial charge < -0.3 is 10.5 Å². The summed E-state index contributed by atoms with van der Waals surface area (Å²) in [5, 5.41) is 0. The molecule has 17 heavy (non-hydrogen) atoms. The number of benzene rings is 1. The highest BCUT2D eigenvalue weighted by Gasteiger charge is 2.34. The first-order chi connectivity index (χ1) is 7.79. The number of carbonyl (C=O) groups excluding carboxylic acids is 1. The largest absolute Gasteiger partial charge is 0.467 e. The van der Waals surface area contributed by atoms with Crippen LogP contribution in [0.4, 0.5) is 0 Å². The standard InChI is InChI=1S/C10H14N2O4S/c1-10(11,9(13)16-2)12-17(14,15)8-6-4-3-5-7-8/h3-7,12H,11H2,1-2H3. The number of nitrogens with one attached hydrogen (secondary N) is 1. The van der Waals surface area contributed by atoms with Crippen LogP contribution in [0.5, 0.6) is 0 Å². The van der Waals surface area contributed by atoms with Gasteiger partial charge in [0.2, 0.25) is 10.0 Å². The first-order valence-corrected chi connectivity index (χ1v) is 6.24. The Bertz CT molecular complexity index is 496. The van der Waals surface area contributed by atoms with Crippen molar-refractivity contribution < 1.29 is 17.9 Å². The summed E-state index contributed by atoms with van der Waals surface area (Å²) >= 11 is 0. The van der Waals surface area contributed by atoms with Crippen molar-refractivity contribution in [2.75, 3.05) is 7.11 Å². The normalized spacial score (nSPS) is 15.0. The maximum atomic E-state index is 11.9.